The molecular formula is C14H14FN3O. The second kappa shape index (κ2) is 4.84. The maximum atomic E-state index is 13.6. The third-order valence-electron chi connectivity index (χ3n) is 3.28. The lowest BCUT2D eigenvalue weighted by atomic mass is 10.1. The summed E-state index contributed by atoms with van der Waals surface area (Å²) in [5, 5.41) is 3.12. The van der Waals surface area contributed by atoms with Crippen LogP contribution in [0, 0.1) is 5.82 Å². The summed E-state index contributed by atoms with van der Waals surface area (Å²) in [5.41, 5.74) is 1.11. The summed E-state index contributed by atoms with van der Waals surface area (Å²) < 4.78 is 13.6. The van der Waals surface area contributed by atoms with Crippen molar-refractivity contribution in [1.82, 2.24) is 9.97 Å². The van der Waals surface area contributed by atoms with Gasteiger partial charge in [0, 0.05) is 13.0 Å². The van der Waals surface area contributed by atoms with E-state index < -0.39 is 0 Å². The zero-order valence-corrected chi connectivity index (χ0v) is 10.4. The van der Waals surface area contributed by atoms with Crippen LogP contribution in [0.5, 0.6) is 0 Å². The lowest BCUT2D eigenvalue weighted by molar-refractivity contribution is 0.611. The van der Waals surface area contributed by atoms with Crippen molar-refractivity contribution < 1.29 is 4.39 Å². The van der Waals surface area contributed by atoms with Gasteiger partial charge in [0.2, 0.25) is 0 Å². The Bertz CT molecular complexity index is 666. The molecule has 2 N–H and O–H groups in total. The van der Waals surface area contributed by atoms with Crippen LogP contribution in [-0.4, -0.2) is 16.5 Å². The summed E-state index contributed by atoms with van der Waals surface area (Å²) in [5.74, 6) is 0.848. The molecule has 1 aliphatic heterocycles. The summed E-state index contributed by atoms with van der Waals surface area (Å²) in [4.78, 5) is 19.0. The van der Waals surface area contributed by atoms with E-state index in [1.807, 2.05) is 0 Å². The molecule has 19 heavy (non-hydrogen) atoms. The highest BCUT2D eigenvalue weighted by molar-refractivity contribution is 5.45. The maximum absolute atomic E-state index is 13.6. The molecule has 3 rings (SSSR count). The second-order valence-electron chi connectivity index (χ2n) is 4.64. The molecule has 2 heterocycles. The first-order valence-corrected chi connectivity index (χ1v) is 6.33. The number of H-pyrrole nitrogens is 1. The molecular weight excluding hydrogens is 245 g/mol. The van der Waals surface area contributed by atoms with Crippen molar-refractivity contribution in [3.05, 3.63) is 57.4 Å². The van der Waals surface area contributed by atoms with Crippen LogP contribution in [0.4, 0.5) is 10.2 Å². The highest BCUT2D eigenvalue weighted by Gasteiger charge is 2.15. The van der Waals surface area contributed by atoms with Gasteiger partial charge in [0.1, 0.15) is 17.5 Å². The van der Waals surface area contributed by atoms with E-state index in [-0.39, 0.29) is 17.8 Å². The van der Waals surface area contributed by atoms with E-state index in [1.54, 1.807) is 18.2 Å². The summed E-state index contributed by atoms with van der Waals surface area (Å²) in [6, 6.07) is 6.52. The smallest absolute Gasteiger partial charge is 0.256 e. The van der Waals surface area contributed by atoms with Gasteiger partial charge in [-0.3, -0.25) is 4.79 Å². The average molecular weight is 259 g/mol. The predicted octanol–water partition coefficient (Wildman–Crippen LogP) is 1.86. The van der Waals surface area contributed by atoms with Crippen LogP contribution in [0.25, 0.3) is 0 Å². The average Bonchev–Trinajstić information content (AvgIpc) is 2.42. The van der Waals surface area contributed by atoms with E-state index >= 15 is 0 Å². The maximum Gasteiger partial charge on any atom is 0.256 e. The Morgan fingerprint density at radius 3 is 3.00 bits per heavy atom. The van der Waals surface area contributed by atoms with Crippen LogP contribution in [0.3, 0.4) is 0 Å². The molecule has 0 radical (unpaired) electrons. The Labute approximate surface area is 109 Å². The number of nitrogens with one attached hydrogen (secondary N) is 2. The number of hydrogen-bond donors (Lipinski definition) is 2. The van der Waals surface area contributed by atoms with Gasteiger partial charge < -0.3 is 10.3 Å². The van der Waals surface area contributed by atoms with Gasteiger partial charge in [-0.25, -0.2) is 9.37 Å². The van der Waals surface area contributed by atoms with Crippen molar-refractivity contribution in [1.29, 1.82) is 0 Å². The van der Waals surface area contributed by atoms with Gasteiger partial charge in [0.25, 0.3) is 5.56 Å². The molecule has 0 fully saturated rings. The molecule has 0 amide bonds. The second-order valence-corrected chi connectivity index (χ2v) is 4.64. The quantitative estimate of drug-likeness (QED) is 0.865. The third-order valence-corrected chi connectivity index (χ3v) is 3.28. The minimum Gasteiger partial charge on any atom is -0.370 e. The lowest BCUT2D eigenvalue weighted by Crippen LogP contribution is -2.25. The van der Waals surface area contributed by atoms with Gasteiger partial charge in [-0.05, 0) is 24.5 Å². The lowest BCUT2D eigenvalue weighted by Gasteiger charge is -2.16. The van der Waals surface area contributed by atoms with Gasteiger partial charge in [0.15, 0.2) is 0 Å². The van der Waals surface area contributed by atoms with E-state index in [9.17, 15) is 9.18 Å². The molecule has 1 aromatic carbocycles. The van der Waals surface area contributed by atoms with Gasteiger partial charge in [-0.2, -0.15) is 0 Å². The zero-order valence-electron chi connectivity index (χ0n) is 10.4. The largest absolute Gasteiger partial charge is 0.370 e. The number of halogens is 1. The van der Waals surface area contributed by atoms with Gasteiger partial charge in [0.05, 0.1) is 5.56 Å². The summed E-state index contributed by atoms with van der Waals surface area (Å²) in [7, 11) is 0. The minimum atomic E-state index is -0.282. The molecule has 5 heteroatoms. The monoisotopic (exact) mass is 259 g/mol. The van der Waals surface area contributed by atoms with Crippen molar-refractivity contribution in [3.63, 3.8) is 0 Å². The molecule has 1 aliphatic rings. The van der Waals surface area contributed by atoms with E-state index in [4.69, 9.17) is 0 Å². The predicted molar refractivity (Wildman–Crippen MR) is 70.9 cm³/mol. The van der Waals surface area contributed by atoms with Gasteiger partial charge in [-0.15, -0.1) is 0 Å². The molecule has 4 nitrogen and oxygen atoms in total. The fourth-order valence-electron chi connectivity index (χ4n) is 2.30. The Morgan fingerprint density at radius 2 is 2.16 bits per heavy atom. The fraction of sp³-hybridized carbons (Fsp3) is 0.286. The van der Waals surface area contributed by atoms with Crippen LogP contribution in [-0.2, 0) is 12.8 Å². The molecule has 1 aromatic heterocycles. The molecule has 0 spiro atoms. The Morgan fingerprint density at radius 1 is 1.32 bits per heavy atom. The van der Waals surface area contributed by atoms with E-state index in [0.29, 0.717) is 22.8 Å². The fourth-order valence-corrected chi connectivity index (χ4v) is 2.30. The number of anilines is 1. The Hall–Kier alpha value is -2.17. The topological polar surface area (TPSA) is 57.8 Å². The molecule has 98 valence electrons. The van der Waals surface area contributed by atoms with Crippen LogP contribution in [0.2, 0.25) is 0 Å². The van der Waals surface area contributed by atoms with E-state index in [2.05, 4.69) is 15.3 Å². The summed E-state index contributed by atoms with van der Waals surface area (Å²) >= 11 is 0. The molecule has 0 atom stereocenters. The highest BCUT2D eigenvalue weighted by atomic mass is 19.1. The molecule has 0 saturated carbocycles. The van der Waals surface area contributed by atoms with Crippen molar-refractivity contribution in [3.8, 4) is 0 Å². The van der Waals surface area contributed by atoms with Gasteiger partial charge >= 0.3 is 0 Å². The van der Waals surface area contributed by atoms with Crippen molar-refractivity contribution in [2.24, 2.45) is 0 Å². The van der Waals surface area contributed by atoms with E-state index in [0.717, 1.165) is 19.4 Å². The van der Waals surface area contributed by atoms with E-state index in [1.165, 1.54) is 6.07 Å². The number of aromatic nitrogens is 2. The molecule has 2 aromatic rings. The molecule has 0 unspecified atom stereocenters. The SMILES string of the molecule is O=c1[nH]c(Cc2ccccc2F)nc2c1CCCN2. The summed E-state index contributed by atoms with van der Waals surface area (Å²) in [6.45, 7) is 0.822. The first-order chi connectivity index (χ1) is 9.24. The zero-order chi connectivity index (χ0) is 13.2. The standard InChI is InChI=1S/C14H14FN3O/c15-11-6-2-1-4-9(11)8-12-17-13-10(14(19)18-12)5-3-7-16-13/h1-2,4,6H,3,5,7-8H2,(H2,16,17,18,19). The first kappa shape index (κ1) is 11.9. The summed E-state index contributed by atoms with van der Waals surface area (Å²) in [6.07, 6.45) is 1.96. The molecule has 0 aliphatic carbocycles. The molecule has 0 bridgehead atoms. The number of rotatable bonds is 2. The minimum absolute atomic E-state index is 0.122. The number of hydrogen-bond acceptors (Lipinski definition) is 3. The Kier molecular flexibility index (Phi) is 3.03. The highest BCUT2D eigenvalue weighted by Crippen LogP contribution is 2.16. The Balaban J connectivity index is 1.96. The van der Waals surface area contributed by atoms with Crippen molar-refractivity contribution >= 4 is 5.82 Å². The first-order valence-electron chi connectivity index (χ1n) is 6.33. The number of fused-ring (bicyclic) bond motifs is 1. The third kappa shape index (κ3) is 2.36. The van der Waals surface area contributed by atoms with Crippen LogP contribution < -0.4 is 10.9 Å². The molecule has 0 saturated heterocycles. The number of nitrogens with zero attached hydrogens (tertiary/aromatic N) is 1. The van der Waals surface area contributed by atoms with Crippen molar-refractivity contribution in [2.45, 2.75) is 19.3 Å². The van der Waals surface area contributed by atoms with Crippen molar-refractivity contribution in [2.75, 3.05) is 11.9 Å². The van der Waals surface area contributed by atoms with Crippen LogP contribution in [0.15, 0.2) is 29.1 Å². The normalized spacial score (nSPS) is 13.7. The number of aromatic amines is 1. The number of benzene rings is 1. The van der Waals surface area contributed by atoms with Crippen LogP contribution >= 0.6 is 0 Å². The van der Waals surface area contributed by atoms with Gasteiger partial charge in [-0.1, -0.05) is 18.2 Å². The van der Waals surface area contributed by atoms with Crippen LogP contribution in [0.1, 0.15) is 23.4 Å².